The Hall–Kier alpha value is -2.18. The fourth-order valence-electron chi connectivity index (χ4n) is 2.88. The van der Waals surface area contributed by atoms with Gasteiger partial charge >= 0.3 is 0 Å². The number of H-pyrrole nitrogens is 1. The van der Waals surface area contributed by atoms with Crippen molar-refractivity contribution in [2.24, 2.45) is 0 Å². The summed E-state index contributed by atoms with van der Waals surface area (Å²) in [5, 5.41) is 5.33. The molecule has 0 aliphatic carbocycles. The minimum absolute atomic E-state index is 0.191. The summed E-state index contributed by atoms with van der Waals surface area (Å²) < 4.78 is 10.9. The van der Waals surface area contributed by atoms with Crippen LogP contribution in [0.1, 0.15) is 31.7 Å². The molecule has 0 saturated carbocycles. The van der Waals surface area contributed by atoms with Crippen molar-refractivity contribution in [1.29, 1.82) is 0 Å². The molecule has 0 atom stereocenters. The summed E-state index contributed by atoms with van der Waals surface area (Å²) in [6.45, 7) is 5.13. The normalized spacial score (nSPS) is 12.4. The van der Waals surface area contributed by atoms with Gasteiger partial charge < -0.3 is 19.1 Å². The molecule has 0 radical (unpaired) electrons. The fourth-order valence-corrected chi connectivity index (χ4v) is 2.88. The van der Waals surface area contributed by atoms with Crippen molar-refractivity contribution in [3.63, 3.8) is 0 Å². The van der Waals surface area contributed by atoms with Crippen LogP contribution in [0.4, 0.5) is 0 Å². The van der Waals surface area contributed by atoms with Gasteiger partial charge in [0.05, 0.1) is 5.60 Å². The van der Waals surface area contributed by atoms with Crippen LogP contribution in [0, 0.1) is 0 Å². The van der Waals surface area contributed by atoms with Gasteiger partial charge in [-0.2, -0.15) is 4.98 Å². The molecule has 0 aliphatic heterocycles. The van der Waals surface area contributed by atoms with Crippen molar-refractivity contribution in [1.82, 2.24) is 20.0 Å². The van der Waals surface area contributed by atoms with E-state index in [0.717, 1.165) is 37.0 Å². The molecule has 1 N–H and O–H groups in total. The first-order valence-corrected chi connectivity index (χ1v) is 9.01. The number of aromatic nitrogens is 3. The minimum atomic E-state index is -0.191. The third kappa shape index (κ3) is 4.31. The molecule has 0 saturated heterocycles. The summed E-state index contributed by atoms with van der Waals surface area (Å²) in [5.41, 5.74) is 3.09. The molecular formula is C20H28N4O2. The van der Waals surface area contributed by atoms with E-state index >= 15 is 0 Å². The highest BCUT2D eigenvalue weighted by molar-refractivity contribution is 5.87. The number of ether oxygens (including phenoxy) is 1. The lowest BCUT2D eigenvalue weighted by atomic mass is 10.0. The highest BCUT2D eigenvalue weighted by atomic mass is 16.5. The van der Waals surface area contributed by atoms with Gasteiger partial charge in [0.15, 0.2) is 5.82 Å². The molecule has 0 fully saturated rings. The van der Waals surface area contributed by atoms with Gasteiger partial charge in [-0.1, -0.05) is 17.3 Å². The third-order valence-corrected chi connectivity index (χ3v) is 4.78. The van der Waals surface area contributed by atoms with Crippen molar-refractivity contribution in [3.05, 3.63) is 35.7 Å². The molecule has 140 valence electrons. The second-order valence-corrected chi connectivity index (χ2v) is 7.59. The van der Waals surface area contributed by atoms with Crippen LogP contribution in [-0.2, 0) is 17.6 Å². The van der Waals surface area contributed by atoms with Crippen LogP contribution in [0.5, 0.6) is 0 Å². The summed E-state index contributed by atoms with van der Waals surface area (Å²) in [5.74, 6) is 1.24. The van der Waals surface area contributed by atoms with Gasteiger partial charge in [0.25, 0.3) is 5.89 Å². The van der Waals surface area contributed by atoms with Crippen LogP contribution in [0.15, 0.2) is 28.8 Å². The summed E-state index contributed by atoms with van der Waals surface area (Å²) >= 11 is 0. The molecule has 2 aromatic heterocycles. The van der Waals surface area contributed by atoms with Crippen molar-refractivity contribution < 1.29 is 9.26 Å². The standard InChI is InChI=1S/C20H28N4O2/c1-20(2,25-5)11-9-18-22-19(26-23-18)17-13-15-14(10-12-24(3)4)7-6-8-16(15)21-17/h6-8,13,21H,9-12H2,1-5H3. The first kappa shape index (κ1) is 18.6. The number of aromatic amines is 1. The average molecular weight is 356 g/mol. The molecule has 0 bridgehead atoms. The highest BCUT2D eigenvalue weighted by Crippen LogP contribution is 2.26. The molecule has 6 heteroatoms. The smallest absolute Gasteiger partial charge is 0.274 e. The number of likely N-dealkylation sites (N-methyl/N-ethyl adjacent to an activating group) is 1. The third-order valence-electron chi connectivity index (χ3n) is 4.78. The number of hydrogen-bond donors (Lipinski definition) is 1. The quantitative estimate of drug-likeness (QED) is 0.667. The van der Waals surface area contributed by atoms with Gasteiger partial charge in [-0.15, -0.1) is 0 Å². The van der Waals surface area contributed by atoms with Crippen molar-refractivity contribution in [2.45, 2.75) is 38.7 Å². The molecular weight excluding hydrogens is 328 g/mol. The molecule has 0 unspecified atom stereocenters. The maximum Gasteiger partial charge on any atom is 0.274 e. The van der Waals surface area contributed by atoms with E-state index in [2.05, 4.69) is 72.2 Å². The molecule has 0 amide bonds. The average Bonchev–Trinajstić information content (AvgIpc) is 3.24. The first-order valence-electron chi connectivity index (χ1n) is 9.01. The fraction of sp³-hybridized carbons (Fsp3) is 0.500. The molecule has 3 aromatic rings. The summed E-state index contributed by atoms with van der Waals surface area (Å²) in [6, 6.07) is 8.45. The van der Waals surface area contributed by atoms with Crippen LogP contribution < -0.4 is 0 Å². The Morgan fingerprint density at radius 1 is 1.23 bits per heavy atom. The molecule has 3 rings (SSSR count). The maximum absolute atomic E-state index is 5.48. The van der Waals surface area contributed by atoms with Crippen molar-refractivity contribution >= 4 is 10.9 Å². The van der Waals surface area contributed by atoms with E-state index < -0.39 is 0 Å². The van der Waals surface area contributed by atoms with E-state index in [1.54, 1.807) is 7.11 Å². The Morgan fingerprint density at radius 3 is 2.77 bits per heavy atom. The van der Waals surface area contributed by atoms with E-state index in [4.69, 9.17) is 9.26 Å². The zero-order chi connectivity index (χ0) is 18.7. The lowest BCUT2D eigenvalue weighted by molar-refractivity contribution is 0.0153. The van der Waals surface area contributed by atoms with Crippen LogP contribution in [0.2, 0.25) is 0 Å². The number of methoxy groups -OCH3 is 1. The molecule has 26 heavy (non-hydrogen) atoms. The summed E-state index contributed by atoms with van der Waals surface area (Å²) in [7, 11) is 5.90. The van der Waals surface area contributed by atoms with Gasteiger partial charge in [-0.25, -0.2) is 0 Å². The Kier molecular flexibility index (Phi) is 5.44. The van der Waals surface area contributed by atoms with Crippen molar-refractivity contribution in [2.75, 3.05) is 27.7 Å². The lowest BCUT2D eigenvalue weighted by Crippen LogP contribution is -2.23. The van der Waals surface area contributed by atoms with Crippen LogP contribution in [0.3, 0.4) is 0 Å². The van der Waals surface area contributed by atoms with E-state index in [9.17, 15) is 0 Å². The number of benzene rings is 1. The van der Waals surface area contributed by atoms with Crippen LogP contribution in [0.25, 0.3) is 22.5 Å². The van der Waals surface area contributed by atoms with E-state index in [0.29, 0.717) is 11.7 Å². The minimum Gasteiger partial charge on any atom is -0.379 e. The van der Waals surface area contributed by atoms with E-state index in [1.165, 1.54) is 10.9 Å². The molecule has 0 aliphatic rings. The predicted molar refractivity (Wildman–Crippen MR) is 103 cm³/mol. The maximum atomic E-state index is 5.48. The first-order chi connectivity index (χ1) is 12.4. The molecule has 0 spiro atoms. The van der Waals surface area contributed by atoms with Gasteiger partial charge in [-0.3, -0.25) is 0 Å². The Morgan fingerprint density at radius 2 is 2.04 bits per heavy atom. The van der Waals surface area contributed by atoms with E-state index in [-0.39, 0.29) is 5.60 Å². The van der Waals surface area contributed by atoms with Gasteiger partial charge in [0.1, 0.15) is 5.69 Å². The van der Waals surface area contributed by atoms with E-state index in [1.807, 2.05) is 0 Å². The lowest BCUT2D eigenvalue weighted by Gasteiger charge is -2.21. The van der Waals surface area contributed by atoms with Gasteiger partial charge in [-0.05, 0) is 58.5 Å². The summed E-state index contributed by atoms with van der Waals surface area (Å²) in [4.78, 5) is 10.1. The zero-order valence-corrected chi connectivity index (χ0v) is 16.3. The Labute approximate surface area is 154 Å². The van der Waals surface area contributed by atoms with Crippen LogP contribution in [-0.4, -0.2) is 53.4 Å². The Balaban J connectivity index is 1.79. The zero-order valence-electron chi connectivity index (χ0n) is 16.3. The monoisotopic (exact) mass is 356 g/mol. The number of nitrogens with one attached hydrogen (secondary N) is 1. The van der Waals surface area contributed by atoms with Gasteiger partial charge in [0.2, 0.25) is 0 Å². The SMILES string of the molecule is COC(C)(C)CCc1noc(-c2cc3c(CCN(C)C)cccc3[nH]2)n1. The predicted octanol–water partition coefficient (Wildman–Crippen LogP) is 3.68. The highest BCUT2D eigenvalue weighted by Gasteiger charge is 2.19. The number of aryl methyl sites for hydroxylation is 1. The number of fused-ring (bicyclic) bond motifs is 1. The molecule has 1 aromatic carbocycles. The Bertz CT molecular complexity index is 864. The summed E-state index contributed by atoms with van der Waals surface area (Å²) in [6.07, 6.45) is 2.56. The number of hydrogen-bond acceptors (Lipinski definition) is 5. The number of nitrogens with zero attached hydrogens (tertiary/aromatic N) is 3. The topological polar surface area (TPSA) is 67.2 Å². The van der Waals surface area contributed by atoms with Crippen molar-refractivity contribution in [3.8, 4) is 11.6 Å². The second-order valence-electron chi connectivity index (χ2n) is 7.59. The van der Waals surface area contributed by atoms with Crippen LogP contribution >= 0.6 is 0 Å². The van der Waals surface area contributed by atoms with Gasteiger partial charge in [0, 0.05) is 31.0 Å². The molecule has 2 heterocycles. The largest absolute Gasteiger partial charge is 0.379 e. The second kappa shape index (κ2) is 7.60. The number of rotatable bonds is 8. The molecule has 6 nitrogen and oxygen atoms in total.